The number of aryl methyl sites for hydroxylation is 1. The average Bonchev–Trinajstić information content (AvgIpc) is 3.43. The van der Waals surface area contributed by atoms with Gasteiger partial charge in [0.05, 0.1) is 36.0 Å². The summed E-state index contributed by atoms with van der Waals surface area (Å²) in [4.78, 5) is 40.6. The molecule has 4 rings (SSSR count). The van der Waals surface area contributed by atoms with Crippen molar-refractivity contribution < 1.29 is 14.4 Å². The molecule has 0 aromatic heterocycles. The molecule has 0 spiro atoms. The molecular formula is C25H26N6O3. The second-order valence-electron chi connectivity index (χ2n) is 8.50. The summed E-state index contributed by atoms with van der Waals surface area (Å²) >= 11 is 0. The van der Waals surface area contributed by atoms with Crippen molar-refractivity contribution in [2.24, 2.45) is 5.10 Å². The lowest BCUT2D eigenvalue weighted by Crippen LogP contribution is -2.47. The van der Waals surface area contributed by atoms with Crippen molar-refractivity contribution in [3.63, 3.8) is 0 Å². The first kappa shape index (κ1) is 23.0. The predicted octanol–water partition coefficient (Wildman–Crippen LogP) is 3.01. The fraction of sp³-hybridized carbons (Fsp3) is 0.320. The molecule has 0 aliphatic carbocycles. The van der Waals surface area contributed by atoms with E-state index in [4.69, 9.17) is 5.26 Å². The van der Waals surface area contributed by atoms with Crippen molar-refractivity contribution >= 4 is 23.7 Å². The van der Waals surface area contributed by atoms with Crippen LogP contribution in [0.2, 0.25) is 0 Å². The molecule has 1 saturated heterocycles. The van der Waals surface area contributed by atoms with E-state index >= 15 is 0 Å². The molecule has 2 aliphatic rings. The maximum absolute atomic E-state index is 13.1. The SMILES string of the molecule is CC(=O)N1CCN([C@@H]2CN(C(=O)NC(C)c3ccc(C#N)cc3)N=C2c2ccc(C)cc2)C1=O. The monoisotopic (exact) mass is 458 g/mol. The molecule has 0 bridgehead atoms. The van der Waals surface area contributed by atoms with Gasteiger partial charge in [-0.1, -0.05) is 42.0 Å². The minimum absolute atomic E-state index is 0.187. The first-order valence-electron chi connectivity index (χ1n) is 11.1. The van der Waals surface area contributed by atoms with Crippen LogP contribution in [0.15, 0.2) is 53.6 Å². The molecular weight excluding hydrogens is 432 g/mol. The quantitative estimate of drug-likeness (QED) is 0.759. The Labute approximate surface area is 198 Å². The highest BCUT2D eigenvalue weighted by Gasteiger charge is 2.42. The van der Waals surface area contributed by atoms with Crippen molar-refractivity contribution in [2.75, 3.05) is 19.6 Å². The summed E-state index contributed by atoms with van der Waals surface area (Å²) in [5.74, 6) is -0.301. The van der Waals surface area contributed by atoms with Crippen LogP contribution in [0, 0.1) is 18.3 Å². The number of imide groups is 1. The minimum atomic E-state index is -0.462. The van der Waals surface area contributed by atoms with Gasteiger partial charge in [0.15, 0.2) is 0 Å². The van der Waals surface area contributed by atoms with Crippen LogP contribution in [-0.4, -0.2) is 64.2 Å². The van der Waals surface area contributed by atoms with Gasteiger partial charge in [-0.05, 0) is 37.1 Å². The second kappa shape index (κ2) is 9.35. The van der Waals surface area contributed by atoms with Crippen molar-refractivity contribution in [1.29, 1.82) is 5.26 Å². The number of rotatable bonds is 4. The van der Waals surface area contributed by atoms with Crippen LogP contribution < -0.4 is 5.32 Å². The molecule has 1 unspecified atom stereocenters. The summed E-state index contributed by atoms with van der Waals surface area (Å²) in [5, 5.41) is 17.8. The predicted molar refractivity (Wildman–Crippen MR) is 126 cm³/mol. The Kier molecular flexibility index (Phi) is 6.32. The fourth-order valence-corrected chi connectivity index (χ4v) is 4.16. The standard InChI is InChI=1S/C25H26N6O3/c1-16-4-8-21(9-5-16)23-22(30-13-12-29(18(3)32)25(30)34)15-31(28-23)24(33)27-17(2)20-10-6-19(14-26)7-11-20/h4-11,17,22H,12-13,15H2,1-3H3,(H,27,33)/t17?,22-/m1/s1. The molecule has 2 aliphatic heterocycles. The molecule has 2 aromatic rings. The van der Waals surface area contributed by atoms with Gasteiger partial charge < -0.3 is 10.2 Å². The Morgan fingerprint density at radius 1 is 1.12 bits per heavy atom. The van der Waals surface area contributed by atoms with E-state index in [0.29, 0.717) is 24.4 Å². The molecule has 2 heterocycles. The molecule has 34 heavy (non-hydrogen) atoms. The molecule has 2 aromatic carbocycles. The summed E-state index contributed by atoms with van der Waals surface area (Å²) in [6, 6.07) is 15.3. The van der Waals surface area contributed by atoms with Gasteiger partial charge in [0.2, 0.25) is 5.91 Å². The fourth-order valence-electron chi connectivity index (χ4n) is 4.16. The zero-order chi connectivity index (χ0) is 24.4. The van der Waals surface area contributed by atoms with Gasteiger partial charge >= 0.3 is 12.1 Å². The summed E-state index contributed by atoms with van der Waals surface area (Å²) in [6.45, 7) is 6.09. The van der Waals surface area contributed by atoms with E-state index in [1.165, 1.54) is 16.8 Å². The number of hydrogen-bond donors (Lipinski definition) is 1. The molecule has 174 valence electrons. The van der Waals surface area contributed by atoms with Crippen molar-refractivity contribution in [3.8, 4) is 6.07 Å². The number of hydrazone groups is 1. The Morgan fingerprint density at radius 3 is 2.38 bits per heavy atom. The van der Waals surface area contributed by atoms with Crippen LogP contribution in [-0.2, 0) is 4.79 Å². The van der Waals surface area contributed by atoms with E-state index in [1.54, 1.807) is 29.2 Å². The van der Waals surface area contributed by atoms with E-state index in [-0.39, 0.29) is 30.6 Å². The maximum atomic E-state index is 13.1. The van der Waals surface area contributed by atoms with Crippen molar-refractivity contribution in [1.82, 2.24) is 20.1 Å². The first-order valence-corrected chi connectivity index (χ1v) is 11.1. The normalized spacial score (nSPS) is 18.5. The Balaban J connectivity index is 1.56. The van der Waals surface area contributed by atoms with Crippen LogP contribution in [0.4, 0.5) is 9.59 Å². The number of carbonyl (C=O) groups is 3. The molecule has 5 amide bonds. The Hall–Kier alpha value is -4.19. The summed E-state index contributed by atoms with van der Waals surface area (Å²) in [6.07, 6.45) is 0. The zero-order valence-corrected chi connectivity index (χ0v) is 19.4. The van der Waals surface area contributed by atoms with Gasteiger partial charge in [0, 0.05) is 20.0 Å². The molecule has 9 heteroatoms. The number of urea groups is 2. The largest absolute Gasteiger partial charge is 0.338 e. The minimum Gasteiger partial charge on any atom is -0.330 e. The first-order chi connectivity index (χ1) is 16.3. The highest BCUT2D eigenvalue weighted by Crippen LogP contribution is 2.24. The van der Waals surface area contributed by atoms with Gasteiger partial charge in [-0.3, -0.25) is 9.69 Å². The summed E-state index contributed by atoms with van der Waals surface area (Å²) in [7, 11) is 0. The summed E-state index contributed by atoms with van der Waals surface area (Å²) < 4.78 is 0. The lowest BCUT2D eigenvalue weighted by molar-refractivity contribution is -0.125. The lowest BCUT2D eigenvalue weighted by atomic mass is 10.0. The number of carbonyl (C=O) groups excluding carboxylic acids is 3. The number of nitriles is 1. The molecule has 2 atom stereocenters. The van der Waals surface area contributed by atoms with Gasteiger partial charge in [-0.25, -0.2) is 14.6 Å². The average molecular weight is 459 g/mol. The third-order valence-corrected chi connectivity index (χ3v) is 6.15. The topological polar surface area (TPSA) is 109 Å². The molecule has 0 saturated carbocycles. The Bertz CT molecular complexity index is 1180. The third kappa shape index (κ3) is 4.48. The number of nitrogens with zero attached hydrogens (tertiary/aromatic N) is 5. The highest BCUT2D eigenvalue weighted by atomic mass is 16.2. The number of hydrogen-bond acceptors (Lipinski definition) is 5. The van der Waals surface area contributed by atoms with Crippen molar-refractivity contribution in [3.05, 3.63) is 70.8 Å². The maximum Gasteiger partial charge on any atom is 0.338 e. The molecule has 9 nitrogen and oxygen atoms in total. The number of benzene rings is 2. The molecule has 1 N–H and O–H groups in total. The summed E-state index contributed by atoms with van der Waals surface area (Å²) in [5.41, 5.74) is 3.93. The van der Waals surface area contributed by atoms with Crippen LogP contribution in [0.5, 0.6) is 0 Å². The van der Waals surface area contributed by atoms with Crippen LogP contribution in [0.25, 0.3) is 0 Å². The number of nitrogens with one attached hydrogen (secondary N) is 1. The lowest BCUT2D eigenvalue weighted by Gasteiger charge is -2.25. The van der Waals surface area contributed by atoms with E-state index in [1.807, 2.05) is 38.1 Å². The number of amides is 5. The van der Waals surface area contributed by atoms with Crippen LogP contribution >= 0.6 is 0 Å². The van der Waals surface area contributed by atoms with E-state index in [2.05, 4.69) is 16.5 Å². The van der Waals surface area contributed by atoms with Crippen molar-refractivity contribution in [2.45, 2.75) is 32.9 Å². The third-order valence-electron chi connectivity index (χ3n) is 6.15. The van der Waals surface area contributed by atoms with Gasteiger partial charge in [0.1, 0.15) is 0 Å². The van der Waals surface area contributed by atoms with E-state index < -0.39 is 6.04 Å². The Morgan fingerprint density at radius 2 is 1.79 bits per heavy atom. The second-order valence-corrected chi connectivity index (χ2v) is 8.50. The zero-order valence-electron chi connectivity index (χ0n) is 19.4. The van der Waals surface area contributed by atoms with Gasteiger partial charge in [0.25, 0.3) is 0 Å². The van der Waals surface area contributed by atoms with Gasteiger partial charge in [-0.2, -0.15) is 10.4 Å². The smallest absolute Gasteiger partial charge is 0.330 e. The molecule has 1 fully saturated rings. The van der Waals surface area contributed by atoms with Crippen LogP contribution in [0.1, 0.15) is 42.1 Å². The van der Waals surface area contributed by atoms with Gasteiger partial charge in [-0.15, -0.1) is 0 Å². The van der Waals surface area contributed by atoms with E-state index in [0.717, 1.165) is 16.7 Å². The highest BCUT2D eigenvalue weighted by molar-refractivity contribution is 6.08. The van der Waals surface area contributed by atoms with Crippen LogP contribution in [0.3, 0.4) is 0 Å². The van der Waals surface area contributed by atoms with E-state index in [9.17, 15) is 14.4 Å². The molecule has 0 radical (unpaired) electrons.